The molecule has 0 radical (unpaired) electrons. The van der Waals surface area contributed by atoms with Gasteiger partial charge in [0, 0.05) is 17.3 Å². The summed E-state index contributed by atoms with van der Waals surface area (Å²) in [5.74, 6) is -10.8. The summed E-state index contributed by atoms with van der Waals surface area (Å²) in [5, 5.41) is 20.1. The van der Waals surface area contributed by atoms with Crippen LogP contribution in [0, 0.1) is 23.3 Å². The van der Waals surface area contributed by atoms with E-state index in [0.717, 1.165) is 6.07 Å². The Morgan fingerprint density at radius 1 is 1.18 bits per heavy atom. The molecule has 10 heteroatoms. The van der Waals surface area contributed by atoms with Crippen LogP contribution in [-0.2, 0) is 9.53 Å². The maximum Gasteiger partial charge on any atom is 0.343 e. The molecule has 0 atom stereocenters. The van der Waals surface area contributed by atoms with Gasteiger partial charge < -0.3 is 14.9 Å². The van der Waals surface area contributed by atoms with Gasteiger partial charge in [-0.3, -0.25) is 4.99 Å². The van der Waals surface area contributed by atoms with Crippen LogP contribution in [0.5, 0.6) is 5.75 Å². The van der Waals surface area contributed by atoms with E-state index in [2.05, 4.69) is 4.99 Å². The molecule has 0 heterocycles. The average molecular weight is 418 g/mol. The van der Waals surface area contributed by atoms with Gasteiger partial charge >= 0.3 is 5.97 Å². The molecule has 0 aromatic heterocycles. The number of aliphatic hydroxyl groups excluding tert-OH is 1. The predicted molar refractivity (Wildman–Crippen MR) is 93.7 cm³/mol. The number of carbonyl (C=O) groups excluding carboxylic acids is 1. The molecule has 148 valence electrons. The molecule has 0 saturated heterocycles. The van der Waals surface area contributed by atoms with E-state index < -0.39 is 46.1 Å². The first-order valence-electron chi connectivity index (χ1n) is 7.63. The van der Waals surface area contributed by atoms with E-state index in [4.69, 9.17) is 16.3 Å². The second-order valence-corrected chi connectivity index (χ2v) is 5.66. The van der Waals surface area contributed by atoms with E-state index in [-0.39, 0.29) is 29.1 Å². The maximum absolute atomic E-state index is 13.9. The Morgan fingerprint density at radius 3 is 2.46 bits per heavy atom. The van der Waals surface area contributed by atoms with Gasteiger partial charge in [-0.05, 0) is 25.1 Å². The average Bonchev–Trinajstić information content (AvgIpc) is 2.64. The summed E-state index contributed by atoms with van der Waals surface area (Å²) >= 11 is 5.68. The lowest BCUT2D eigenvalue weighted by atomic mass is 10.1. The molecule has 0 aliphatic rings. The summed E-state index contributed by atoms with van der Waals surface area (Å²) in [6.07, 6.45) is 0.689. The Bertz CT molecular complexity index is 992. The van der Waals surface area contributed by atoms with Gasteiger partial charge in [0.05, 0.1) is 12.2 Å². The van der Waals surface area contributed by atoms with Gasteiger partial charge in [-0.1, -0.05) is 11.6 Å². The van der Waals surface area contributed by atoms with Crippen molar-refractivity contribution in [2.45, 2.75) is 6.92 Å². The molecule has 0 bridgehead atoms. The van der Waals surface area contributed by atoms with Crippen LogP contribution >= 0.6 is 11.6 Å². The number of rotatable bonds is 5. The molecular formula is C18H12ClF4NO4. The summed E-state index contributed by atoms with van der Waals surface area (Å²) in [6, 6.07) is 3.96. The van der Waals surface area contributed by atoms with Gasteiger partial charge in [0.2, 0.25) is 0 Å². The largest absolute Gasteiger partial charge is 0.506 e. The first-order valence-corrected chi connectivity index (χ1v) is 8.01. The van der Waals surface area contributed by atoms with E-state index >= 15 is 0 Å². The Kier molecular flexibility index (Phi) is 6.63. The van der Waals surface area contributed by atoms with E-state index in [1.165, 1.54) is 19.1 Å². The highest BCUT2D eigenvalue weighted by molar-refractivity contribution is 6.30. The minimum absolute atomic E-state index is 0.0871. The third-order valence-electron chi connectivity index (χ3n) is 3.38. The molecule has 2 rings (SSSR count). The van der Waals surface area contributed by atoms with Crippen LogP contribution in [0.1, 0.15) is 12.5 Å². The number of ether oxygens (including phenoxy) is 1. The lowest BCUT2D eigenvalue weighted by Crippen LogP contribution is -2.12. The molecule has 2 N–H and O–H groups in total. The van der Waals surface area contributed by atoms with Crippen molar-refractivity contribution >= 4 is 35.2 Å². The van der Waals surface area contributed by atoms with E-state index in [1.807, 2.05) is 0 Å². The first-order chi connectivity index (χ1) is 13.2. The van der Waals surface area contributed by atoms with E-state index in [1.54, 1.807) is 0 Å². The second kappa shape index (κ2) is 8.75. The van der Waals surface area contributed by atoms with Crippen molar-refractivity contribution in [3.63, 3.8) is 0 Å². The molecule has 5 nitrogen and oxygen atoms in total. The van der Waals surface area contributed by atoms with E-state index in [9.17, 15) is 32.6 Å². The number of phenolic OH excluding ortho intramolecular Hbond substituents is 1. The van der Waals surface area contributed by atoms with Crippen LogP contribution in [0.25, 0.3) is 5.76 Å². The summed E-state index contributed by atoms with van der Waals surface area (Å²) < 4.78 is 58.6. The highest BCUT2D eigenvalue weighted by Crippen LogP contribution is 2.30. The fraction of sp³-hybridized carbons (Fsp3) is 0.111. The van der Waals surface area contributed by atoms with Gasteiger partial charge in [-0.15, -0.1) is 0 Å². The molecule has 0 aliphatic carbocycles. The lowest BCUT2D eigenvalue weighted by Gasteiger charge is -2.09. The highest BCUT2D eigenvalue weighted by atomic mass is 35.5. The van der Waals surface area contributed by atoms with Gasteiger partial charge in [-0.2, -0.15) is 0 Å². The first kappa shape index (κ1) is 21.2. The molecule has 2 aromatic rings. The highest BCUT2D eigenvalue weighted by Gasteiger charge is 2.25. The predicted octanol–water partition coefficient (Wildman–Crippen LogP) is 4.84. The summed E-state index contributed by atoms with van der Waals surface area (Å²) in [5.41, 5.74) is -2.00. The van der Waals surface area contributed by atoms with Crippen molar-refractivity contribution in [1.29, 1.82) is 0 Å². The van der Waals surface area contributed by atoms with Crippen molar-refractivity contribution in [3.8, 4) is 5.75 Å². The number of hydrogen-bond donors (Lipinski definition) is 2. The van der Waals surface area contributed by atoms with Crippen molar-refractivity contribution in [2.75, 3.05) is 6.61 Å². The molecular weight excluding hydrogens is 406 g/mol. The number of phenols is 1. The smallest absolute Gasteiger partial charge is 0.343 e. The zero-order valence-electron chi connectivity index (χ0n) is 14.1. The number of esters is 1. The molecule has 2 aromatic carbocycles. The van der Waals surface area contributed by atoms with Crippen LogP contribution in [0.4, 0.5) is 23.2 Å². The normalized spacial score (nSPS) is 12.2. The Labute approximate surface area is 161 Å². The fourth-order valence-electron chi connectivity index (χ4n) is 2.05. The molecule has 0 spiro atoms. The SMILES string of the molecule is CCOC(=O)/C(C=Nc1ccc(Cl)cc1O)=C(\O)c1cc(F)c(F)c(F)c1F. The van der Waals surface area contributed by atoms with Crippen LogP contribution < -0.4 is 0 Å². The zero-order valence-corrected chi connectivity index (χ0v) is 14.9. The second-order valence-electron chi connectivity index (χ2n) is 5.22. The number of nitrogens with zero attached hydrogens (tertiary/aromatic N) is 1. The van der Waals surface area contributed by atoms with Crippen molar-refractivity contribution < 1.29 is 37.3 Å². The number of aromatic hydroxyl groups is 1. The third kappa shape index (κ3) is 4.42. The van der Waals surface area contributed by atoms with Crippen molar-refractivity contribution in [3.05, 3.63) is 63.7 Å². The van der Waals surface area contributed by atoms with Gasteiger partial charge in [0.25, 0.3) is 0 Å². The standard InChI is InChI=1S/C18H12ClF4NO4/c1-2-28-18(27)10(7-24-12-4-3-8(19)5-13(12)25)17(26)9-6-11(20)15(22)16(23)14(9)21/h3-7,25-26H,2H2,1H3/b17-10-,24-7?. The quantitative estimate of drug-likeness (QED) is 0.139. The third-order valence-corrected chi connectivity index (χ3v) is 3.61. The van der Waals surface area contributed by atoms with Crippen LogP contribution in [0.15, 0.2) is 34.8 Å². The summed E-state index contributed by atoms with van der Waals surface area (Å²) in [7, 11) is 0. The summed E-state index contributed by atoms with van der Waals surface area (Å²) in [6.45, 7) is 1.29. The molecule has 0 unspecified atom stereocenters. The number of halogens is 5. The minimum Gasteiger partial charge on any atom is -0.506 e. The molecule has 0 saturated carbocycles. The Hall–Kier alpha value is -3.07. The number of aliphatic hydroxyl groups is 1. The van der Waals surface area contributed by atoms with Crippen LogP contribution in [0.2, 0.25) is 5.02 Å². The van der Waals surface area contributed by atoms with Gasteiger partial charge in [0.1, 0.15) is 22.8 Å². The van der Waals surface area contributed by atoms with Crippen molar-refractivity contribution in [1.82, 2.24) is 0 Å². The topological polar surface area (TPSA) is 79.1 Å². The monoisotopic (exact) mass is 417 g/mol. The number of benzene rings is 2. The fourth-order valence-corrected chi connectivity index (χ4v) is 2.22. The molecule has 28 heavy (non-hydrogen) atoms. The lowest BCUT2D eigenvalue weighted by molar-refractivity contribution is -0.137. The minimum atomic E-state index is -2.17. The number of hydrogen-bond acceptors (Lipinski definition) is 5. The molecule has 0 amide bonds. The maximum atomic E-state index is 13.9. The Balaban J connectivity index is 2.62. The van der Waals surface area contributed by atoms with Crippen LogP contribution in [0.3, 0.4) is 0 Å². The zero-order chi connectivity index (χ0) is 21.0. The molecule has 0 aliphatic heterocycles. The Morgan fingerprint density at radius 2 is 1.86 bits per heavy atom. The number of carbonyl (C=O) groups is 1. The van der Waals surface area contributed by atoms with Gasteiger partial charge in [0.15, 0.2) is 23.3 Å². The van der Waals surface area contributed by atoms with Crippen LogP contribution in [-0.4, -0.2) is 29.0 Å². The summed E-state index contributed by atoms with van der Waals surface area (Å²) in [4.78, 5) is 15.8. The van der Waals surface area contributed by atoms with Gasteiger partial charge in [-0.25, -0.2) is 22.4 Å². The molecule has 0 fully saturated rings. The van der Waals surface area contributed by atoms with Crippen molar-refractivity contribution in [2.24, 2.45) is 4.99 Å². The van der Waals surface area contributed by atoms with E-state index in [0.29, 0.717) is 6.21 Å². The number of aliphatic imine (C=N–C) groups is 1.